The van der Waals surface area contributed by atoms with Crippen molar-refractivity contribution in [1.29, 1.82) is 0 Å². The Labute approximate surface area is 146 Å². The normalized spacial score (nSPS) is 10.7. The molecular weight excluding hydrogens is 322 g/mol. The molecule has 2 aromatic rings. The number of hydrogen-bond acceptors (Lipinski definition) is 4. The third kappa shape index (κ3) is 4.43. The highest BCUT2D eigenvalue weighted by atomic mass is 32.1. The van der Waals surface area contributed by atoms with Crippen molar-refractivity contribution in [2.45, 2.75) is 13.8 Å². The molecule has 1 aromatic heterocycles. The zero-order valence-corrected chi connectivity index (χ0v) is 15.3. The second kappa shape index (κ2) is 8.08. The zero-order valence-electron chi connectivity index (χ0n) is 14.5. The number of carbonyl (C=O) groups is 2. The first-order valence-corrected chi connectivity index (χ1v) is 8.61. The van der Waals surface area contributed by atoms with Crippen molar-refractivity contribution in [3.05, 3.63) is 51.2 Å². The molecule has 1 heterocycles. The van der Waals surface area contributed by atoms with Gasteiger partial charge in [0.25, 0.3) is 11.8 Å². The summed E-state index contributed by atoms with van der Waals surface area (Å²) in [5.41, 5.74) is 2.11. The molecular formula is C18H23N3O2S. The largest absolute Gasteiger partial charge is 0.350 e. The van der Waals surface area contributed by atoms with E-state index in [1.807, 2.05) is 51.0 Å². The minimum atomic E-state index is -0.209. The Bertz CT molecular complexity index is 723. The summed E-state index contributed by atoms with van der Waals surface area (Å²) in [6.07, 6.45) is 0. The van der Waals surface area contributed by atoms with Crippen molar-refractivity contribution in [2.75, 3.05) is 32.5 Å². The number of aryl methyl sites for hydroxylation is 1. The molecule has 1 aromatic carbocycles. The van der Waals surface area contributed by atoms with Gasteiger partial charge in [0.1, 0.15) is 4.88 Å². The van der Waals surface area contributed by atoms with Gasteiger partial charge in [0.2, 0.25) is 0 Å². The number of likely N-dealkylation sites (N-methyl/N-ethyl adjacent to an activating group) is 1. The number of amides is 2. The van der Waals surface area contributed by atoms with Gasteiger partial charge in [-0.25, -0.2) is 0 Å². The molecule has 128 valence electrons. The molecule has 0 saturated carbocycles. The topological polar surface area (TPSA) is 61.4 Å². The van der Waals surface area contributed by atoms with E-state index in [9.17, 15) is 9.59 Å². The third-order valence-electron chi connectivity index (χ3n) is 3.71. The van der Waals surface area contributed by atoms with Crippen LogP contribution < -0.4 is 10.6 Å². The fraction of sp³-hybridized carbons (Fsp3) is 0.333. The minimum absolute atomic E-state index is 0.151. The van der Waals surface area contributed by atoms with E-state index in [1.165, 1.54) is 11.3 Å². The van der Waals surface area contributed by atoms with Gasteiger partial charge >= 0.3 is 0 Å². The Morgan fingerprint density at radius 2 is 1.75 bits per heavy atom. The molecule has 0 radical (unpaired) electrons. The van der Waals surface area contributed by atoms with Gasteiger partial charge in [0.15, 0.2) is 0 Å². The van der Waals surface area contributed by atoms with Gasteiger partial charge in [-0.05, 0) is 45.6 Å². The summed E-state index contributed by atoms with van der Waals surface area (Å²) in [6, 6.07) is 8.99. The highest BCUT2D eigenvalue weighted by molar-refractivity contribution is 7.14. The van der Waals surface area contributed by atoms with Crippen LogP contribution in [0.4, 0.5) is 5.69 Å². The molecule has 6 heteroatoms. The lowest BCUT2D eigenvalue weighted by atomic mass is 10.1. The van der Waals surface area contributed by atoms with Crippen LogP contribution >= 0.6 is 11.3 Å². The van der Waals surface area contributed by atoms with E-state index >= 15 is 0 Å². The number of rotatable bonds is 6. The summed E-state index contributed by atoms with van der Waals surface area (Å²) in [6.45, 7) is 5.20. The van der Waals surface area contributed by atoms with Crippen molar-refractivity contribution in [2.24, 2.45) is 0 Å². The van der Waals surface area contributed by atoms with Crippen LogP contribution in [-0.2, 0) is 0 Å². The Morgan fingerprint density at radius 1 is 1.08 bits per heavy atom. The van der Waals surface area contributed by atoms with E-state index < -0.39 is 0 Å². The Balaban J connectivity index is 2.17. The lowest BCUT2D eigenvalue weighted by molar-refractivity contribution is 0.0956. The fourth-order valence-electron chi connectivity index (χ4n) is 2.19. The molecule has 0 saturated heterocycles. The highest BCUT2D eigenvalue weighted by Gasteiger charge is 2.20. The second-order valence-corrected chi connectivity index (χ2v) is 7.09. The molecule has 0 bridgehead atoms. The van der Waals surface area contributed by atoms with Gasteiger partial charge in [0, 0.05) is 23.5 Å². The Kier molecular flexibility index (Phi) is 6.11. The van der Waals surface area contributed by atoms with Crippen LogP contribution in [0.25, 0.3) is 0 Å². The quantitative estimate of drug-likeness (QED) is 0.846. The first-order chi connectivity index (χ1) is 11.4. The maximum Gasteiger partial charge on any atom is 0.263 e. The molecule has 0 spiro atoms. The fourth-order valence-corrected chi connectivity index (χ4v) is 3.22. The molecule has 0 aliphatic carbocycles. The predicted octanol–water partition coefficient (Wildman–Crippen LogP) is 2.91. The minimum Gasteiger partial charge on any atom is -0.350 e. The Hall–Kier alpha value is -2.18. The van der Waals surface area contributed by atoms with Crippen molar-refractivity contribution in [3.8, 4) is 0 Å². The number of carbonyl (C=O) groups excluding carboxylic acids is 2. The second-order valence-electron chi connectivity index (χ2n) is 5.87. The smallest absolute Gasteiger partial charge is 0.263 e. The first-order valence-electron chi connectivity index (χ1n) is 7.79. The van der Waals surface area contributed by atoms with Gasteiger partial charge in [-0.2, -0.15) is 0 Å². The monoisotopic (exact) mass is 345 g/mol. The van der Waals surface area contributed by atoms with E-state index in [-0.39, 0.29) is 11.8 Å². The van der Waals surface area contributed by atoms with Gasteiger partial charge in [-0.15, -0.1) is 11.3 Å². The van der Waals surface area contributed by atoms with Crippen molar-refractivity contribution in [1.82, 2.24) is 10.2 Å². The van der Waals surface area contributed by atoms with Gasteiger partial charge in [0.05, 0.1) is 5.69 Å². The van der Waals surface area contributed by atoms with E-state index in [2.05, 4.69) is 10.6 Å². The van der Waals surface area contributed by atoms with E-state index in [4.69, 9.17) is 0 Å². The molecule has 5 nitrogen and oxygen atoms in total. The number of nitrogens with zero attached hydrogens (tertiary/aromatic N) is 1. The number of hydrogen-bond donors (Lipinski definition) is 2. The van der Waals surface area contributed by atoms with Crippen LogP contribution in [-0.4, -0.2) is 43.9 Å². The van der Waals surface area contributed by atoms with Crippen LogP contribution in [0.3, 0.4) is 0 Å². The summed E-state index contributed by atoms with van der Waals surface area (Å²) < 4.78 is 0. The molecule has 0 unspecified atom stereocenters. The summed E-state index contributed by atoms with van der Waals surface area (Å²) in [4.78, 5) is 28.4. The Morgan fingerprint density at radius 3 is 2.38 bits per heavy atom. The maximum absolute atomic E-state index is 12.5. The van der Waals surface area contributed by atoms with Crippen molar-refractivity contribution < 1.29 is 9.59 Å². The molecule has 0 atom stereocenters. The summed E-state index contributed by atoms with van der Waals surface area (Å²) in [5, 5.41) is 5.80. The average Bonchev–Trinajstić information content (AvgIpc) is 2.83. The first kappa shape index (κ1) is 18.2. The zero-order chi connectivity index (χ0) is 17.7. The molecule has 0 fully saturated rings. The molecule has 2 rings (SSSR count). The molecule has 0 aliphatic heterocycles. The lowest BCUT2D eigenvalue weighted by Crippen LogP contribution is -2.31. The summed E-state index contributed by atoms with van der Waals surface area (Å²) in [7, 11) is 3.91. The van der Waals surface area contributed by atoms with Crippen LogP contribution in [0.5, 0.6) is 0 Å². The predicted molar refractivity (Wildman–Crippen MR) is 99.1 cm³/mol. The van der Waals surface area contributed by atoms with Crippen LogP contribution in [0.15, 0.2) is 30.3 Å². The standard InChI is InChI=1S/C18H23N3O2S/c1-12-13(2)24-16(18(23)19-10-11-21(3)4)15(12)20-17(22)14-8-6-5-7-9-14/h5-9H,10-11H2,1-4H3,(H,19,23)(H,20,22). The van der Waals surface area contributed by atoms with Gasteiger partial charge in [-0.3, -0.25) is 9.59 Å². The number of anilines is 1. The molecule has 0 aliphatic rings. The summed E-state index contributed by atoms with van der Waals surface area (Å²) >= 11 is 1.40. The van der Waals surface area contributed by atoms with Crippen LogP contribution in [0.2, 0.25) is 0 Å². The van der Waals surface area contributed by atoms with Crippen LogP contribution in [0.1, 0.15) is 30.5 Å². The van der Waals surface area contributed by atoms with Crippen LogP contribution in [0, 0.1) is 13.8 Å². The highest BCUT2D eigenvalue weighted by Crippen LogP contribution is 2.32. The van der Waals surface area contributed by atoms with Gasteiger partial charge < -0.3 is 15.5 Å². The maximum atomic E-state index is 12.5. The van der Waals surface area contributed by atoms with E-state index in [0.29, 0.717) is 22.7 Å². The number of benzene rings is 1. The molecule has 2 N–H and O–H groups in total. The van der Waals surface area contributed by atoms with E-state index in [0.717, 1.165) is 17.0 Å². The summed E-state index contributed by atoms with van der Waals surface area (Å²) in [5.74, 6) is -0.361. The lowest BCUT2D eigenvalue weighted by Gasteiger charge is -2.11. The third-order valence-corrected chi connectivity index (χ3v) is 4.92. The van der Waals surface area contributed by atoms with Crippen molar-refractivity contribution >= 4 is 28.8 Å². The average molecular weight is 345 g/mol. The number of nitrogens with one attached hydrogen (secondary N) is 2. The van der Waals surface area contributed by atoms with Gasteiger partial charge in [-0.1, -0.05) is 18.2 Å². The van der Waals surface area contributed by atoms with E-state index in [1.54, 1.807) is 12.1 Å². The number of thiophene rings is 1. The molecule has 2 amide bonds. The molecule has 24 heavy (non-hydrogen) atoms. The van der Waals surface area contributed by atoms with Crippen molar-refractivity contribution in [3.63, 3.8) is 0 Å². The SMILES string of the molecule is Cc1sc(C(=O)NCCN(C)C)c(NC(=O)c2ccccc2)c1C.